The Morgan fingerprint density at radius 2 is 1.67 bits per heavy atom. The molecule has 9 nitrogen and oxygen atoms in total. The minimum Gasteiger partial charge on any atom is -0.368 e. The van der Waals surface area contributed by atoms with Gasteiger partial charge < -0.3 is 25.0 Å². The summed E-state index contributed by atoms with van der Waals surface area (Å²) in [5.41, 5.74) is 2.80. The molecule has 174 valence electrons. The van der Waals surface area contributed by atoms with Crippen LogP contribution < -0.4 is 15.2 Å². The number of carbonyl (C=O) groups is 1. The molecule has 1 amide bonds. The van der Waals surface area contributed by atoms with E-state index in [0.29, 0.717) is 11.5 Å². The number of carbonyl (C=O) groups excluding carboxylic acids is 1. The third-order valence-corrected chi connectivity index (χ3v) is 6.52. The fourth-order valence-electron chi connectivity index (χ4n) is 4.59. The minimum atomic E-state index is -0.00577. The first-order valence-corrected chi connectivity index (χ1v) is 11.6. The molecule has 2 aliphatic rings. The highest BCUT2D eigenvalue weighted by atomic mass is 16.2. The number of fused-ring (bicyclic) bond motifs is 1. The first kappa shape index (κ1) is 21.5. The van der Waals surface area contributed by atoms with Gasteiger partial charge in [-0.25, -0.2) is 9.97 Å². The predicted molar refractivity (Wildman–Crippen MR) is 132 cm³/mol. The van der Waals surface area contributed by atoms with E-state index < -0.39 is 0 Å². The van der Waals surface area contributed by atoms with Gasteiger partial charge in [0.1, 0.15) is 17.3 Å². The van der Waals surface area contributed by atoms with Crippen LogP contribution in [0.2, 0.25) is 0 Å². The first-order chi connectivity index (χ1) is 16.0. The quantitative estimate of drug-likeness (QED) is 0.642. The molecule has 0 aromatic carbocycles. The van der Waals surface area contributed by atoms with E-state index >= 15 is 0 Å². The summed E-state index contributed by atoms with van der Waals surface area (Å²) in [5, 5.41) is 6.55. The molecule has 3 aromatic heterocycles. The van der Waals surface area contributed by atoms with Crippen molar-refractivity contribution >= 4 is 34.1 Å². The zero-order chi connectivity index (χ0) is 22.9. The van der Waals surface area contributed by atoms with Crippen LogP contribution in [0.3, 0.4) is 0 Å². The van der Waals surface area contributed by atoms with Crippen molar-refractivity contribution < 1.29 is 4.79 Å². The van der Waals surface area contributed by atoms with Gasteiger partial charge in [-0.2, -0.15) is 0 Å². The fourth-order valence-corrected chi connectivity index (χ4v) is 4.59. The van der Waals surface area contributed by atoms with Gasteiger partial charge in [0, 0.05) is 71.0 Å². The fraction of sp³-hybridized carbons (Fsp3) is 0.458. The van der Waals surface area contributed by atoms with Crippen molar-refractivity contribution in [2.75, 3.05) is 75.6 Å². The maximum absolute atomic E-state index is 12.9. The second-order valence-corrected chi connectivity index (χ2v) is 9.15. The Hall–Kier alpha value is -3.33. The Morgan fingerprint density at radius 1 is 0.939 bits per heavy atom. The molecule has 33 heavy (non-hydrogen) atoms. The summed E-state index contributed by atoms with van der Waals surface area (Å²) in [7, 11) is 5.74. The van der Waals surface area contributed by atoms with Gasteiger partial charge in [-0.15, -0.1) is 0 Å². The lowest BCUT2D eigenvalue weighted by atomic mass is 10.3. The lowest BCUT2D eigenvalue weighted by Crippen LogP contribution is -2.44. The van der Waals surface area contributed by atoms with Crippen LogP contribution in [0.5, 0.6) is 0 Å². The zero-order valence-electron chi connectivity index (χ0n) is 19.7. The Labute approximate surface area is 194 Å². The average Bonchev–Trinajstić information content (AvgIpc) is 3.47. The number of piperazine rings is 1. The predicted octanol–water partition coefficient (Wildman–Crippen LogP) is 2.36. The summed E-state index contributed by atoms with van der Waals surface area (Å²) >= 11 is 0. The van der Waals surface area contributed by atoms with Crippen LogP contribution in [0.4, 0.5) is 17.3 Å². The van der Waals surface area contributed by atoms with Crippen LogP contribution in [0.25, 0.3) is 10.9 Å². The van der Waals surface area contributed by atoms with E-state index in [0.717, 1.165) is 74.5 Å². The van der Waals surface area contributed by atoms with Gasteiger partial charge in [0.25, 0.3) is 5.91 Å². The van der Waals surface area contributed by atoms with Crippen LogP contribution in [0, 0.1) is 0 Å². The molecule has 2 saturated heterocycles. The van der Waals surface area contributed by atoms with Crippen LogP contribution >= 0.6 is 0 Å². The average molecular weight is 449 g/mol. The van der Waals surface area contributed by atoms with Crippen LogP contribution in [0.15, 0.2) is 36.7 Å². The molecule has 3 aromatic rings. The third kappa shape index (κ3) is 4.32. The number of nitrogens with zero attached hydrogens (tertiary/aromatic N) is 7. The number of pyridine rings is 2. The monoisotopic (exact) mass is 448 g/mol. The molecule has 5 heterocycles. The van der Waals surface area contributed by atoms with Crippen molar-refractivity contribution in [1.82, 2.24) is 24.4 Å². The number of hydrogen-bond acceptors (Lipinski definition) is 7. The molecule has 0 saturated carbocycles. The minimum absolute atomic E-state index is 0.00577. The van der Waals surface area contributed by atoms with Gasteiger partial charge >= 0.3 is 0 Å². The van der Waals surface area contributed by atoms with E-state index in [4.69, 9.17) is 0 Å². The molecule has 9 heteroatoms. The maximum atomic E-state index is 12.9. The van der Waals surface area contributed by atoms with E-state index in [9.17, 15) is 4.79 Å². The molecule has 0 atom stereocenters. The molecule has 5 rings (SSSR count). The van der Waals surface area contributed by atoms with Gasteiger partial charge in [-0.3, -0.25) is 9.47 Å². The number of likely N-dealkylation sites (N-methyl/N-ethyl adjacent to an activating group) is 1. The largest absolute Gasteiger partial charge is 0.368 e. The number of amides is 1. The summed E-state index contributed by atoms with van der Waals surface area (Å²) in [5.74, 6) is 1.46. The van der Waals surface area contributed by atoms with Gasteiger partial charge in [0.15, 0.2) is 0 Å². The molecule has 0 aliphatic carbocycles. The lowest BCUT2D eigenvalue weighted by molar-refractivity contribution is 0.0817. The summed E-state index contributed by atoms with van der Waals surface area (Å²) < 4.78 is 2.07. The topological polar surface area (TPSA) is 72.8 Å². The molecule has 0 unspecified atom stereocenters. The lowest BCUT2D eigenvalue weighted by Gasteiger charge is -2.33. The summed E-state index contributed by atoms with van der Waals surface area (Å²) in [4.78, 5) is 28.4. The SMILES string of the molecule is CN1CCN(c2ccc(Nc3cc4c(cn3)cc(C(=O)N(C)C)n4N3CCCC3)nc2)CC1. The number of aromatic nitrogens is 3. The smallest absolute Gasteiger partial charge is 0.271 e. The second kappa shape index (κ2) is 8.90. The molecule has 0 spiro atoms. The number of anilines is 3. The molecular weight excluding hydrogens is 416 g/mol. The van der Waals surface area contributed by atoms with Crippen molar-refractivity contribution in [3.8, 4) is 0 Å². The van der Waals surface area contributed by atoms with Crippen molar-refractivity contribution in [1.29, 1.82) is 0 Å². The Balaban J connectivity index is 1.41. The molecule has 2 fully saturated rings. The Morgan fingerprint density at radius 3 is 2.33 bits per heavy atom. The van der Waals surface area contributed by atoms with Crippen LogP contribution in [-0.2, 0) is 0 Å². The number of hydrogen-bond donors (Lipinski definition) is 1. The van der Waals surface area contributed by atoms with Crippen molar-refractivity contribution in [3.63, 3.8) is 0 Å². The first-order valence-electron chi connectivity index (χ1n) is 11.6. The van der Waals surface area contributed by atoms with Gasteiger partial charge in [-0.05, 0) is 38.1 Å². The van der Waals surface area contributed by atoms with Crippen LogP contribution in [0.1, 0.15) is 23.3 Å². The summed E-state index contributed by atoms with van der Waals surface area (Å²) in [6.07, 6.45) is 6.02. The van der Waals surface area contributed by atoms with E-state index in [1.165, 1.54) is 0 Å². The van der Waals surface area contributed by atoms with Crippen molar-refractivity contribution in [3.05, 3.63) is 42.4 Å². The normalized spacial score (nSPS) is 17.1. The van der Waals surface area contributed by atoms with E-state index in [1.807, 2.05) is 30.6 Å². The van der Waals surface area contributed by atoms with Crippen LogP contribution in [-0.4, -0.2) is 90.8 Å². The summed E-state index contributed by atoms with van der Waals surface area (Å²) in [6, 6.07) is 8.06. The van der Waals surface area contributed by atoms with Gasteiger partial charge in [-0.1, -0.05) is 0 Å². The Kier molecular flexibility index (Phi) is 5.80. The Bertz CT molecular complexity index is 1130. The van der Waals surface area contributed by atoms with Gasteiger partial charge in [0.05, 0.1) is 17.4 Å². The molecule has 2 aliphatic heterocycles. The highest BCUT2D eigenvalue weighted by Crippen LogP contribution is 2.26. The highest BCUT2D eigenvalue weighted by molar-refractivity contribution is 5.99. The molecule has 0 radical (unpaired) electrons. The van der Waals surface area contributed by atoms with Crippen molar-refractivity contribution in [2.24, 2.45) is 0 Å². The number of nitrogens with one attached hydrogen (secondary N) is 1. The van der Waals surface area contributed by atoms with E-state index in [2.05, 4.69) is 47.9 Å². The van der Waals surface area contributed by atoms with Gasteiger partial charge in [0.2, 0.25) is 0 Å². The van der Waals surface area contributed by atoms with E-state index in [-0.39, 0.29) is 5.91 Å². The molecular formula is C24H32N8O. The second-order valence-electron chi connectivity index (χ2n) is 9.15. The summed E-state index contributed by atoms with van der Waals surface area (Å²) in [6.45, 7) is 6.06. The molecule has 0 bridgehead atoms. The van der Waals surface area contributed by atoms with E-state index in [1.54, 1.807) is 19.0 Å². The zero-order valence-corrected chi connectivity index (χ0v) is 19.7. The maximum Gasteiger partial charge on any atom is 0.271 e. The standard InChI is InChI=1S/C24H32N8O/c1-28(2)24(33)21-14-18-16-25-23(15-20(18)32(21)31-8-4-5-9-31)27-22-7-6-19(17-26-22)30-12-10-29(3)11-13-30/h6-7,14-17H,4-5,8-13H2,1-3H3,(H,25,26,27). The number of rotatable bonds is 5. The van der Waals surface area contributed by atoms with Crippen molar-refractivity contribution in [2.45, 2.75) is 12.8 Å². The highest BCUT2D eigenvalue weighted by Gasteiger charge is 2.23. The third-order valence-electron chi connectivity index (χ3n) is 6.52. The molecule has 1 N–H and O–H groups in total.